The molecule has 0 atom stereocenters. The summed E-state index contributed by atoms with van der Waals surface area (Å²) in [6.07, 6.45) is 2.47. The molecule has 6 rings (SSSR count). The lowest BCUT2D eigenvalue weighted by Crippen LogP contribution is -2.38. The van der Waals surface area contributed by atoms with E-state index in [0.717, 1.165) is 59.0 Å². The van der Waals surface area contributed by atoms with Gasteiger partial charge in [0.2, 0.25) is 11.8 Å². The van der Waals surface area contributed by atoms with Gasteiger partial charge in [-0.1, -0.05) is 0 Å². The zero-order valence-corrected chi connectivity index (χ0v) is 20.4. The van der Waals surface area contributed by atoms with Crippen LogP contribution in [0, 0.1) is 6.92 Å². The Morgan fingerprint density at radius 2 is 1.92 bits per heavy atom. The van der Waals surface area contributed by atoms with Crippen LogP contribution < -0.4 is 20.3 Å². The molecule has 0 amide bonds. The van der Waals surface area contributed by atoms with E-state index in [1.165, 1.54) is 4.90 Å². The number of hydrogen-bond donors (Lipinski definition) is 2. The molecular weight excluding hydrogens is 485 g/mol. The molecule has 9 nitrogen and oxygen atoms in total. The van der Waals surface area contributed by atoms with E-state index in [1.807, 2.05) is 18.5 Å². The summed E-state index contributed by atoms with van der Waals surface area (Å²) < 4.78 is 44.2. The van der Waals surface area contributed by atoms with Crippen molar-refractivity contribution in [2.75, 3.05) is 48.3 Å². The van der Waals surface area contributed by atoms with Crippen LogP contribution in [0.15, 0.2) is 24.7 Å². The van der Waals surface area contributed by atoms with Crippen molar-refractivity contribution in [3.05, 3.63) is 52.7 Å². The van der Waals surface area contributed by atoms with Gasteiger partial charge in [-0.05, 0) is 30.5 Å². The molecule has 0 aromatic carbocycles. The van der Waals surface area contributed by atoms with Crippen LogP contribution >= 0.6 is 0 Å². The van der Waals surface area contributed by atoms with Gasteiger partial charge in [-0.2, -0.15) is 13.2 Å². The maximum Gasteiger partial charge on any atom is 0.401 e. The van der Waals surface area contributed by atoms with Crippen molar-refractivity contribution >= 4 is 23.0 Å². The van der Waals surface area contributed by atoms with Crippen molar-refractivity contribution in [2.45, 2.75) is 39.0 Å². The zero-order chi connectivity index (χ0) is 25.6. The van der Waals surface area contributed by atoms with Crippen LogP contribution in [0.5, 0.6) is 5.88 Å². The Balaban J connectivity index is 1.19. The van der Waals surface area contributed by atoms with E-state index in [9.17, 15) is 13.2 Å². The molecule has 0 saturated carbocycles. The number of nitrogens with one attached hydrogen (secondary N) is 2. The largest absolute Gasteiger partial charge is 0.474 e. The van der Waals surface area contributed by atoms with Crippen LogP contribution in [-0.2, 0) is 25.9 Å². The smallest absolute Gasteiger partial charge is 0.401 e. The van der Waals surface area contributed by atoms with Crippen LogP contribution in [-0.4, -0.2) is 63.8 Å². The van der Waals surface area contributed by atoms with Crippen LogP contribution in [0.2, 0.25) is 0 Å². The average molecular weight is 513 g/mol. The maximum absolute atomic E-state index is 12.9. The fourth-order valence-electron chi connectivity index (χ4n) is 5.17. The van der Waals surface area contributed by atoms with Gasteiger partial charge >= 0.3 is 6.18 Å². The second kappa shape index (κ2) is 9.33. The minimum Gasteiger partial charge on any atom is -0.474 e. The van der Waals surface area contributed by atoms with Gasteiger partial charge in [0.15, 0.2) is 0 Å². The van der Waals surface area contributed by atoms with Gasteiger partial charge in [-0.25, -0.2) is 15.0 Å². The number of ether oxygens (including phenoxy) is 1. The van der Waals surface area contributed by atoms with Gasteiger partial charge in [-0.3, -0.25) is 9.88 Å². The lowest BCUT2D eigenvalue weighted by Gasteiger charge is -2.32. The average Bonchev–Trinajstić information content (AvgIpc) is 2.87. The molecule has 6 heterocycles. The molecule has 3 aliphatic heterocycles. The van der Waals surface area contributed by atoms with E-state index in [1.54, 1.807) is 6.20 Å². The minimum atomic E-state index is -4.22. The quantitative estimate of drug-likeness (QED) is 0.544. The summed E-state index contributed by atoms with van der Waals surface area (Å²) in [6.45, 7) is 4.51. The molecule has 0 aliphatic carbocycles. The standard InChI is InChI=1S/C25H27F3N8O/c1-15-21(11-31-23-22(15)29-4-7-37-23)36-6-2-16-9-32-24(34-20(16)13-36)33-18-8-17-12-35(14-25(26,27)28)5-3-19(17)30-10-18/h8-11,29H,2-7,12-14H2,1H3,(H,32,33,34). The Morgan fingerprint density at radius 3 is 2.78 bits per heavy atom. The molecule has 0 fully saturated rings. The van der Waals surface area contributed by atoms with Crippen LogP contribution in [0.1, 0.15) is 28.1 Å². The number of pyridine rings is 2. The highest BCUT2D eigenvalue weighted by molar-refractivity contribution is 5.70. The number of fused-ring (bicyclic) bond motifs is 3. The van der Waals surface area contributed by atoms with Crippen molar-refractivity contribution in [2.24, 2.45) is 0 Å². The lowest BCUT2D eigenvalue weighted by molar-refractivity contribution is -0.147. The van der Waals surface area contributed by atoms with E-state index in [4.69, 9.17) is 9.72 Å². The van der Waals surface area contributed by atoms with Gasteiger partial charge in [0, 0.05) is 50.1 Å². The number of nitrogens with zero attached hydrogens (tertiary/aromatic N) is 6. The predicted octanol–water partition coefficient (Wildman–Crippen LogP) is 3.61. The van der Waals surface area contributed by atoms with E-state index in [0.29, 0.717) is 43.6 Å². The Hall–Kier alpha value is -3.67. The SMILES string of the molecule is Cc1c(N2CCc3cnc(Nc4cnc5c(c4)CN(CC(F)(F)F)CC5)nc3C2)cnc2c1NCCO2. The summed E-state index contributed by atoms with van der Waals surface area (Å²) in [5, 5.41) is 6.58. The lowest BCUT2D eigenvalue weighted by atomic mass is 10.0. The number of anilines is 4. The van der Waals surface area contributed by atoms with Crippen LogP contribution in [0.25, 0.3) is 0 Å². The fraction of sp³-hybridized carbons (Fsp3) is 0.440. The van der Waals surface area contributed by atoms with Gasteiger partial charge in [0.25, 0.3) is 0 Å². The minimum absolute atomic E-state index is 0.214. The fourth-order valence-corrected chi connectivity index (χ4v) is 5.17. The number of hydrogen-bond acceptors (Lipinski definition) is 9. The summed E-state index contributed by atoms with van der Waals surface area (Å²) in [6, 6.07) is 1.84. The first-order chi connectivity index (χ1) is 17.8. The van der Waals surface area contributed by atoms with Gasteiger partial charge < -0.3 is 20.3 Å². The maximum atomic E-state index is 12.9. The van der Waals surface area contributed by atoms with E-state index >= 15 is 0 Å². The van der Waals surface area contributed by atoms with Gasteiger partial charge in [-0.15, -0.1) is 0 Å². The molecule has 0 bridgehead atoms. The van der Waals surface area contributed by atoms with E-state index < -0.39 is 12.7 Å². The first-order valence-electron chi connectivity index (χ1n) is 12.3. The first kappa shape index (κ1) is 23.7. The van der Waals surface area contributed by atoms with Crippen molar-refractivity contribution in [1.82, 2.24) is 24.8 Å². The van der Waals surface area contributed by atoms with Gasteiger partial charge in [0.05, 0.1) is 42.6 Å². The first-order valence-corrected chi connectivity index (χ1v) is 12.3. The molecular formula is C25H27F3N8O. The van der Waals surface area contributed by atoms with E-state index in [2.05, 4.69) is 37.4 Å². The second-order valence-electron chi connectivity index (χ2n) is 9.59. The molecule has 0 spiro atoms. The van der Waals surface area contributed by atoms with Crippen molar-refractivity contribution in [3.63, 3.8) is 0 Å². The highest BCUT2D eigenvalue weighted by atomic mass is 19.4. The third-order valence-electron chi connectivity index (χ3n) is 6.98. The van der Waals surface area contributed by atoms with Crippen LogP contribution in [0.3, 0.4) is 0 Å². The summed E-state index contributed by atoms with van der Waals surface area (Å²) in [5.41, 5.74) is 7.37. The molecule has 3 aromatic rings. The molecule has 194 valence electrons. The summed E-state index contributed by atoms with van der Waals surface area (Å²) in [5.74, 6) is 1.07. The third-order valence-corrected chi connectivity index (χ3v) is 6.98. The number of aromatic nitrogens is 4. The Bertz CT molecular complexity index is 1330. The normalized spacial score (nSPS) is 17.2. The second-order valence-corrected chi connectivity index (χ2v) is 9.59. The van der Waals surface area contributed by atoms with Crippen molar-refractivity contribution in [1.29, 1.82) is 0 Å². The molecule has 0 unspecified atom stereocenters. The molecule has 37 heavy (non-hydrogen) atoms. The third kappa shape index (κ3) is 4.97. The summed E-state index contributed by atoms with van der Waals surface area (Å²) in [4.78, 5) is 21.9. The number of alkyl halides is 3. The molecule has 0 saturated heterocycles. The zero-order valence-electron chi connectivity index (χ0n) is 20.4. The van der Waals surface area contributed by atoms with Crippen LogP contribution in [0.4, 0.5) is 36.2 Å². The summed E-state index contributed by atoms with van der Waals surface area (Å²) >= 11 is 0. The van der Waals surface area contributed by atoms with Gasteiger partial charge in [0.1, 0.15) is 12.3 Å². The number of rotatable bonds is 4. The molecule has 3 aliphatic rings. The Morgan fingerprint density at radius 1 is 1.03 bits per heavy atom. The van der Waals surface area contributed by atoms with E-state index in [-0.39, 0.29) is 6.54 Å². The number of halogens is 3. The monoisotopic (exact) mass is 512 g/mol. The highest BCUT2D eigenvalue weighted by Crippen LogP contribution is 2.36. The molecule has 3 aromatic heterocycles. The highest BCUT2D eigenvalue weighted by Gasteiger charge is 2.32. The topological polar surface area (TPSA) is 91.3 Å². The molecule has 0 radical (unpaired) electrons. The summed E-state index contributed by atoms with van der Waals surface area (Å²) in [7, 11) is 0. The molecule has 2 N–H and O–H groups in total. The van der Waals surface area contributed by atoms with Crippen molar-refractivity contribution < 1.29 is 17.9 Å². The Kier molecular flexibility index (Phi) is 5.98. The Labute approximate surface area is 212 Å². The predicted molar refractivity (Wildman–Crippen MR) is 132 cm³/mol. The molecule has 12 heteroatoms. The van der Waals surface area contributed by atoms with Crippen molar-refractivity contribution in [3.8, 4) is 5.88 Å².